The Labute approximate surface area is 72.1 Å². The quantitative estimate of drug-likeness (QED) is 0.473. The van der Waals surface area contributed by atoms with Crippen molar-refractivity contribution in [3.8, 4) is 0 Å². The predicted octanol–water partition coefficient (Wildman–Crippen LogP) is 1.31. The van der Waals surface area contributed by atoms with Gasteiger partial charge in [-0.1, -0.05) is 19.8 Å². The molecular weight excluding hydrogens is 156 g/mol. The molecule has 0 aliphatic carbocycles. The number of ether oxygens (including phenoxy) is 1. The minimum absolute atomic E-state index is 0.0287. The van der Waals surface area contributed by atoms with E-state index in [9.17, 15) is 9.59 Å². The van der Waals surface area contributed by atoms with Crippen molar-refractivity contribution in [3.63, 3.8) is 0 Å². The molecule has 1 saturated heterocycles. The average Bonchev–Trinajstić information content (AvgIpc) is 2.30. The average molecular weight is 170 g/mol. The van der Waals surface area contributed by atoms with Gasteiger partial charge >= 0.3 is 5.97 Å². The van der Waals surface area contributed by atoms with Gasteiger partial charge in [0.05, 0.1) is 0 Å². The zero-order valence-corrected chi connectivity index (χ0v) is 7.55. The van der Waals surface area contributed by atoms with Crippen molar-refractivity contribution in [3.05, 3.63) is 0 Å². The molecule has 1 fully saturated rings. The first-order valence-corrected chi connectivity index (χ1v) is 4.32. The fourth-order valence-corrected chi connectivity index (χ4v) is 1.34. The fourth-order valence-electron chi connectivity index (χ4n) is 1.34. The van der Waals surface area contributed by atoms with Crippen molar-refractivity contribution in [1.82, 2.24) is 0 Å². The molecule has 3 heteroatoms. The summed E-state index contributed by atoms with van der Waals surface area (Å²) < 4.78 is 4.69. The van der Waals surface area contributed by atoms with Crippen LogP contribution in [0.4, 0.5) is 0 Å². The maximum Gasteiger partial charge on any atom is 0.319 e. The summed E-state index contributed by atoms with van der Waals surface area (Å²) in [5, 5.41) is 0. The van der Waals surface area contributed by atoms with Crippen LogP contribution >= 0.6 is 0 Å². The molecule has 12 heavy (non-hydrogen) atoms. The van der Waals surface area contributed by atoms with E-state index in [-0.39, 0.29) is 18.4 Å². The molecule has 1 aliphatic heterocycles. The largest absolute Gasteiger partial charge is 0.457 e. The Bertz CT molecular complexity index is 192. The van der Waals surface area contributed by atoms with Crippen molar-refractivity contribution in [2.75, 3.05) is 6.61 Å². The number of unbranched alkanes of at least 4 members (excludes halogenated alkanes) is 1. The molecule has 1 atom stereocenters. The first-order valence-electron chi connectivity index (χ1n) is 4.32. The minimum Gasteiger partial charge on any atom is -0.457 e. The summed E-state index contributed by atoms with van der Waals surface area (Å²) in [6, 6.07) is 0. The van der Waals surface area contributed by atoms with E-state index < -0.39 is 5.41 Å². The summed E-state index contributed by atoms with van der Waals surface area (Å²) in [4.78, 5) is 22.4. The summed E-state index contributed by atoms with van der Waals surface area (Å²) in [6.45, 7) is 3.69. The van der Waals surface area contributed by atoms with E-state index in [1.165, 1.54) is 0 Å². The third kappa shape index (κ3) is 1.36. The Kier molecular flexibility index (Phi) is 2.50. The normalized spacial score (nSPS) is 29.2. The number of esters is 1. The maximum atomic E-state index is 11.3. The molecule has 68 valence electrons. The van der Waals surface area contributed by atoms with Gasteiger partial charge in [-0.05, 0) is 13.3 Å². The number of rotatable bonds is 3. The Hall–Kier alpha value is -0.860. The van der Waals surface area contributed by atoms with Crippen molar-refractivity contribution < 1.29 is 14.3 Å². The zero-order chi connectivity index (χ0) is 9.19. The standard InChI is InChI=1S/C9H14O3/c1-3-4-5-9(2)7(10)6-12-8(9)11/h3-6H2,1-2H3. The Morgan fingerprint density at radius 1 is 1.50 bits per heavy atom. The van der Waals surface area contributed by atoms with Gasteiger partial charge < -0.3 is 4.74 Å². The van der Waals surface area contributed by atoms with Crippen LogP contribution in [0.5, 0.6) is 0 Å². The van der Waals surface area contributed by atoms with Gasteiger partial charge in [0.25, 0.3) is 0 Å². The summed E-state index contributed by atoms with van der Waals surface area (Å²) in [7, 11) is 0. The van der Waals surface area contributed by atoms with Crippen LogP contribution in [0.2, 0.25) is 0 Å². The SMILES string of the molecule is CCCCC1(C)C(=O)COC1=O. The predicted molar refractivity (Wildman–Crippen MR) is 43.6 cm³/mol. The fraction of sp³-hybridized carbons (Fsp3) is 0.778. The monoisotopic (exact) mass is 170 g/mol. The number of hydrogen-bond acceptors (Lipinski definition) is 3. The molecule has 0 amide bonds. The molecule has 0 aromatic carbocycles. The summed E-state index contributed by atoms with van der Waals surface area (Å²) >= 11 is 0. The molecule has 1 unspecified atom stereocenters. The lowest BCUT2D eigenvalue weighted by Crippen LogP contribution is -2.29. The maximum absolute atomic E-state index is 11.3. The minimum atomic E-state index is -0.837. The Morgan fingerprint density at radius 3 is 2.58 bits per heavy atom. The molecule has 3 nitrogen and oxygen atoms in total. The molecule has 0 radical (unpaired) electrons. The third-order valence-electron chi connectivity index (χ3n) is 2.43. The Morgan fingerprint density at radius 2 is 2.17 bits per heavy atom. The highest BCUT2D eigenvalue weighted by Crippen LogP contribution is 2.31. The third-order valence-corrected chi connectivity index (χ3v) is 2.43. The van der Waals surface area contributed by atoms with Gasteiger partial charge in [0.1, 0.15) is 5.41 Å². The molecular formula is C9H14O3. The van der Waals surface area contributed by atoms with E-state index in [2.05, 4.69) is 4.74 Å². The van der Waals surface area contributed by atoms with Gasteiger partial charge in [-0.15, -0.1) is 0 Å². The van der Waals surface area contributed by atoms with Crippen LogP contribution in [-0.2, 0) is 14.3 Å². The van der Waals surface area contributed by atoms with Crippen LogP contribution in [0.15, 0.2) is 0 Å². The van der Waals surface area contributed by atoms with Gasteiger partial charge in [-0.25, -0.2) is 0 Å². The zero-order valence-electron chi connectivity index (χ0n) is 7.55. The van der Waals surface area contributed by atoms with Crippen LogP contribution in [0.25, 0.3) is 0 Å². The number of Topliss-reactive ketones (excluding diaryl/α,β-unsaturated/α-hetero) is 1. The number of carbonyl (C=O) groups is 2. The lowest BCUT2D eigenvalue weighted by Gasteiger charge is -2.15. The van der Waals surface area contributed by atoms with E-state index in [1.54, 1.807) is 6.92 Å². The molecule has 0 bridgehead atoms. The number of carbonyl (C=O) groups excluding carboxylic acids is 2. The topological polar surface area (TPSA) is 43.4 Å². The van der Waals surface area contributed by atoms with Gasteiger partial charge in [0, 0.05) is 0 Å². The smallest absolute Gasteiger partial charge is 0.319 e. The van der Waals surface area contributed by atoms with Crippen LogP contribution in [0, 0.1) is 5.41 Å². The summed E-state index contributed by atoms with van der Waals surface area (Å²) in [6.07, 6.45) is 2.52. The van der Waals surface area contributed by atoms with E-state index >= 15 is 0 Å². The van der Waals surface area contributed by atoms with Crippen LogP contribution in [0.3, 0.4) is 0 Å². The molecule has 1 heterocycles. The van der Waals surface area contributed by atoms with Crippen molar-refractivity contribution in [2.45, 2.75) is 33.1 Å². The molecule has 1 rings (SSSR count). The van der Waals surface area contributed by atoms with Gasteiger partial charge in [0.2, 0.25) is 0 Å². The highest BCUT2D eigenvalue weighted by Gasteiger charge is 2.47. The van der Waals surface area contributed by atoms with Crippen LogP contribution in [0.1, 0.15) is 33.1 Å². The molecule has 0 saturated carbocycles. The number of hydrogen-bond donors (Lipinski definition) is 0. The van der Waals surface area contributed by atoms with Gasteiger partial charge in [-0.3, -0.25) is 9.59 Å². The van der Waals surface area contributed by atoms with E-state index in [4.69, 9.17) is 0 Å². The highest BCUT2D eigenvalue weighted by atomic mass is 16.5. The second kappa shape index (κ2) is 3.25. The molecule has 1 aliphatic rings. The van der Waals surface area contributed by atoms with Gasteiger partial charge in [-0.2, -0.15) is 0 Å². The Balaban J connectivity index is 2.66. The van der Waals surface area contributed by atoms with Crippen LogP contribution < -0.4 is 0 Å². The first kappa shape index (κ1) is 9.23. The van der Waals surface area contributed by atoms with Crippen molar-refractivity contribution >= 4 is 11.8 Å². The van der Waals surface area contributed by atoms with E-state index in [0.717, 1.165) is 12.8 Å². The summed E-state index contributed by atoms with van der Waals surface area (Å²) in [5.74, 6) is -0.415. The molecule has 0 aromatic rings. The molecule has 0 aromatic heterocycles. The lowest BCUT2D eigenvalue weighted by atomic mass is 9.83. The lowest BCUT2D eigenvalue weighted by molar-refractivity contribution is -0.146. The molecule has 0 N–H and O–H groups in total. The van der Waals surface area contributed by atoms with Crippen molar-refractivity contribution in [2.24, 2.45) is 5.41 Å². The van der Waals surface area contributed by atoms with E-state index in [1.807, 2.05) is 6.92 Å². The van der Waals surface area contributed by atoms with Crippen LogP contribution in [-0.4, -0.2) is 18.4 Å². The second-order valence-electron chi connectivity index (χ2n) is 3.43. The summed E-state index contributed by atoms with van der Waals surface area (Å²) in [5.41, 5.74) is -0.837. The van der Waals surface area contributed by atoms with E-state index in [0.29, 0.717) is 6.42 Å². The number of ketones is 1. The molecule has 0 spiro atoms. The van der Waals surface area contributed by atoms with Crippen molar-refractivity contribution in [1.29, 1.82) is 0 Å². The number of cyclic esters (lactones) is 1. The first-order chi connectivity index (χ1) is 5.61. The second-order valence-corrected chi connectivity index (χ2v) is 3.43. The highest BCUT2D eigenvalue weighted by molar-refractivity contribution is 6.08. The van der Waals surface area contributed by atoms with Gasteiger partial charge in [0.15, 0.2) is 12.4 Å².